The third-order valence-corrected chi connectivity index (χ3v) is 7.29. The number of benzene rings is 2. The molecule has 28 heavy (non-hydrogen) atoms. The molecule has 3 N–H and O–H groups in total. The quantitative estimate of drug-likeness (QED) is 0.586. The molecule has 0 aromatic heterocycles. The van der Waals surface area contributed by atoms with Crippen LogP contribution in [0.2, 0.25) is 0 Å². The molecule has 2 fully saturated rings. The van der Waals surface area contributed by atoms with Crippen molar-refractivity contribution in [3.63, 3.8) is 0 Å². The second kappa shape index (κ2) is 7.40. The number of hydrogen-bond donors (Lipinski definition) is 3. The molecule has 0 radical (unpaired) electrons. The molecule has 1 aliphatic heterocycles. The summed E-state index contributed by atoms with van der Waals surface area (Å²) < 4.78 is 0. The summed E-state index contributed by atoms with van der Waals surface area (Å²) in [6.45, 7) is 3.06. The van der Waals surface area contributed by atoms with E-state index in [-0.39, 0.29) is 0 Å². The van der Waals surface area contributed by atoms with E-state index in [4.69, 9.17) is 12.2 Å². The first kappa shape index (κ1) is 18.0. The highest BCUT2D eigenvalue weighted by Gasteiger charge is 2.53. The zero-order chi connectivity index (χ0) is 19.1. The predicted octanol–water partition coefficient (Wildman–Crippen LogP) is 5.68. The van der Waals surface area contributed by atoms with Crippen molar-refractivity contribution in [1.29, 1.82) is 0 Å². The third-order valence-electron chi connectivity index (χ3n) is 7.04. The Morgan fingerprint density at radius 2 is 1.93 bits per heavy atom. The number of anilines is 2. The molecule has 0 spiro atoms. The van der Waals surface area contributed by atoms with Gasteiger partial charge in [0.15, 0.2) is 5.11 Å². The summed E-state index contributed by atoms with van der Waals surface area (Å²) in [5.74, 6) is 3.06. The average Bonchev–Trinajstić information content (AvgIpc) is 3.35. The van der Waals surface area contributed by atoms with Crippen molar-refractivity contribution < 1.29 is 0 Å². The van der Waals surface area contributed by atoms with Gasteiger partial charge in [0.1, 0.15) is 0 Å². The molecule has 2 aromatic carbocycles. The van der Waals surface area contributed by atoms with Crippen LogP contribution in [0.4, 0.5) is 11.4 Å². The average molecular weight is 392 g/mol. The molecule has 0 amide bonds. The maximum Gasteiger partial charge on any atom is 0.170 e. The molecule has 2 saturated carbocycles. The van der Waals surface area contributed by atoms with E-state index in [9.17, 15) is 0 Å². The maximum atomic E-state index is 5.45. The number of rotatable bonds is 4. The fourth-order valence-electron chi connectivity index (χ4n) is 5.97. The van der Waals surface area contributed by atoms with Crippen molar-refractivity contribution in [3.8, 4) is 0 Å². The minimum absolute atomic E-state index is 0.431. The van der Waals surface area contributed by atoms with Crippen LogP contribution in [-0.2, 0) is 0 Å². The van der Waals surface area contributed by atoms with E-state index in [0.717, 1.165) is 35.6 Å². The van der Waals surface area contributed by atoms with Crippen molar-refractivity contribution >= 4 is 28.7 Å². The molecule has 2 bridgehead atoms. The number of thiocarbonyl (C=S) groups is 1. The minimum atomic E-state index is 0.431. The van der Waals surface area contributed by atoms with Crippen molar-refractivity contribution in [2.75, 3.05) is 17.2 Å². The Kier molecular flexibility index (Phi) is 4.75. The van der Waals surface area contributed by atoms with Crippen LogP contribution in [0.3, 0.4) is 0 Å². The largest absolute Gasteiger partial charge is 0.378 e. The second-order valence-corrected chi connectivity index (χ2v) is 9.06. The van der Waals surface area contributed by atoms with Gasteiger partial charge in [0.25, 0.3) is 0 Å². The van der Waals surface area contributed by atoms with Crippen molar-refractivity contribution in [1.82, 2.24) is 5.32 Å². The van der Waals surface area contributed by atoms with E-state index in [0.29, 0.717) is 17.9 Å². The van der Waals surface area contributed by atoms with Crippen LogP contribution < -0.4 is 16.0 Å². The Morgan fingerprint density at radius 3 is 2.75 bits per heavy atom. The topological polar surface area (TPSA) is 36.1 Å². The highest BCUT2D eigenvalue weighted by molar-refractivity contribution is 7.80. The summed E-state index contributed by atoms with van der Waals surface area (Å²) in [5, 5.41) is 11.3. The normalized spacial score (nSPS) is 29.5. The van der Waals surface area contributed by atoms with E-state index in [1.54, 1.807) is 0 Å². The monoisotopic (exact) mass is 391 g/mol. The molecule has 3 nitrogen and oxygen atoms in total. The van der Waals surface area contributed by atoms with E-state index in [1.165, 1.54) is 36.1 Å². The fraction of sp³-hybridized carbons (Fsp3) is 0.458. The highest BCUT2D eigenvalue weighted by atomic mass is 32.1. The Labute approximate surface area is 173 Å². The van der Waals surface area contributed by atoms with Crippen LogP contribution in [0, 0.1) is 17.8 Å². The standard InChI is InChI=1S/C24H29N3S/c1-2-12-25-24(28)26-18-10-11-20-19(14-18)21-16-8-9-17(13-16)22(21)23(27-20)15-6-4-3-5-7-15/h3-7,10-11,14,16-17,21-23,27H,2,8-9,12-13H2,1H3,(H2,25,26,28). The molecule has 5 rings (SSSR count). The predicted molar refractivity (Wildman–Crippen MR) is 121 cm³/mol. The summed E-state index contributed by atoms with van der Waals surface area (Å²) in [4.78, 5) is 0. The second-order valence-electron chi connectivity index (χ2n) is 8.65. The smallest absolute Gasteiger partial charge is 0.170 e. The Morgan fingerprint density at radius 1 is 1.11 bits per heavy atom. The molecule has 5 atom stereocenters. The summed E-state index contributed by atoms with van der Waals surface area (Å²) in [5.41, 5.74) is 5.34. The lowest BCUT2D eigenvalue weighted by atomic mass is 9.68. The lowest BCUT2D eigenvalue weighted by Gasteiger charge is -2.43. The van der Waals surface area contributed by atoms with Gasteiger partial charge in [-0.1, -0.05) is 37.3 Å². The van der Waals surface area contributed by atoms with Gasteiger partial charge < -0.3 is 16.0 Å². The first-order valence-electron chi connectivity index (χ1n) is 10.7. The summed E-state index contributed by atoms with van der Waals surface area (Å²) >= 11 is 5.45. The van der Waals surface area contributed by atoms with Crippen molar-refractivity contribution in [2.24, 2.45) is 17.8 Å². The van der Waals surface area contributed by atoms with E-state index < -0.39 is 0 Å². The van der Waals surface area contributed by atoms with Crippen LogP contribution in [0.1, 0.15) is 55.7 Å². The molecule has 146 valence electrons. The van der Waals surface area contributed by atoms with Crippen LogP contribution in [0.5, 0.6) is 0 Å². The zero-order valence-electron chi connectivity index (χ0n) is 16.4. The van der Waals surface area contributed by atoms with Crippen molar-refractivity contribution in [3.05, 3.63) is 59.7 Å². The van der Waals surface area contributed by atoms with Crippen LogP contribution in [0.25, 0.3) is 0 Å². The molecule has 0 saturated heterocycles. The maximum absolute atomic E-state index is 5.45. The number of hydrogen-bond acceptors (Lipinski definition) is 2. The first-order valence-corrected chi connectivity index (χ1v) is 11.2. The van der Waals surface area contributed by atoms with Gasteiger partial charge in [0.05, 0.1) is 6.04 Å². The van der Waals surface area contributed by atoms with Gasteiger partial charge in [-0.25, -0.2) is 0 Å². The third kappa shape index (κ3) is 3.08. The van der Waals surface area contributed by atoms with E-state index in [2.05, 4.69) is 71.4 Å². The van der Waals surface area contributed by atoms with Crippen LogP contribution >= 0.6 is 12.2 Å². The molecular formula is C24H29N3S. The Balaban J connectivity index is 1.47. The molecule has 4 heteroatoms. The molecule has 2 aromatic rings. The van der Waals surface area contributed by atoms with Gasteiger partial charge in [-0.2, -0.15) is 0 Å². The van der Waals surface area contributed by atoms with Gasteiger partial charge >= 0.3 is 0 Å². The van der Waals surface area contributed by atoms with Gasteiger partial charge in [-0.15, -0.1) is 0 Å². The number of fused-ring (bicyclic) bond motifs is 7. The molecule has 1 heterocycles. The summed E-state index contributed by atoms with van der Waals surface area (Å²) in [7, 11) is 0. The van der Waals surface area contributed by atoms with Gasteiger partial charge in [-0.3, -0.25) is 0 Å². The number of nitrogens with one attached hydrogen (secondary N) is 3. The van der Waals surface area contributed by atoms with E-state index >= 15 is 0 Å². The molecule has 5 unspecified atom stereocenters. The van der Waals surface area contributed by atoms with Crippen LogP contribution in [-0.4, -0.2) is 11.7 Å². The Hall–Kier alpha value is -2.07. The lowest BCUT2D eigenvalue weighted by molar-refractivity contribution is 0.247. The lowest BCUT2D eigenvalue weighted by Crippen LogP contribution is -2.35. The molecular weight excluding hydrogens is 362 g/mol. The van der Waals surface area contributed by atoms with Gasteiger partial charge in [-0.05, 0) is 90.9 Å². The Bertz CT molecular complexity index is 865. The van der Waals surface area contributed by atoms with Crippen molar-refractivity contribution in [2.45, 2.75) is 44.6 Å². The highest BCUT2D eigenvalue weighted by Crippen LogP contribution is 2.63. The summed E-state index contributed by atoms with van der Waals surface area (Å²) in [6, 6.07) is 18.2. The first-order chi connectivity index (χ1) is 13.7. The minimum Gasteiger partial charge on any atom is -0.378 e. The zero-order valence-corrected chi connectivity index (χ0v) is 17.3. The SMILES string of the molecule is CCCNC(=S)Nc1ccc2c(c1)C1C3CCC(C3)C1C(c1ccccc1)N2. The summed E-state index contributed by atoms with van der Waals surface area (Å²) in [6.07, 6.45) is 5.26. The molecule has 2 aliphatic carbocycles. The molecule has 3 aliphatic rings. The fourth-order valence-corrected chi connectivity index (χ4v) is 6.19. The van der Waals surface area contributed by atoms with Gasteiger partial charge in [0, 0.05) is 17.9 Å². The van der Waals surface area contributed by atoms with Crippen LogP contribution in [0.15, 0.2) is 48.5 Å². The van der Waals surface area contributed by atoms with E-state index in [1.807, 2.05) is 0 Å². The van der Waals surface area contributed by atoms with Gasteiger partial charge in [0.2, 0.25) is 0 Å².